The Labute approximate surface area is 92.2 Å². The first-order valence-electron chi connectivity index (χ1n) is 3.92. The van der Waals surface area contributed by atoms with Crippen LogP contribution in [0, 0.1) is 0 Å². The number of hydrogen-bond acceptors (Lipinski definition) is 3. The third kappa shape index (κ3) is 2.04. The lowest BCUT2D eigenvalue weighted by Gasteiger charge is -1.98. The van der Waals surface area contributed by atoms with E-state index in [1.54, 1.807) is 0 Å². The summed E-state index contributed by atoms with van der Waals surface area (Å²) in [7, 11) is 2.87. The quantitative estimate of drug-likeness (QED) is 0.762. The molecule has 0 spiro atoms. The van der Waals surface area contributed by atoms with Crippen LogP contribution >= 0.6 is 22.3 Å². The molecule has 1 aromatic heterocycles. The summed E-state index contributed by atoms with van der Waals surface area (Å²) in [6.45, 7) is 3.75. The Morgan fingerprint density at radius 1 is 1.43 bits per heavy atom. The Hall–Kier alpha value is -0.260. The summed E-state index contributed by atoms with van der Waals surface area (Å²) in [5.41, 5.74) is 0.536. The molecule has 0 atom stereocenters. The maximum atomic E-state index is 11.1. The third-order valence-electron chi connectivity index (χ3n) is 1.74. The Bertz CT molecular complexity index is 451. The molecule has 7 heteroatoms. The number of nitrogens with zero attached hydrogens (tertiary/aromatic N) is 2. The van der Waals surface area contributed by atoms with Crippen LogP contribution in [0.25, 0.3) is 0 Å². The van der Waals surface area contributed by atoms with Crippen LogP contribution < -0.4 is 0 Å². The second-order valence-corrected chi connectivity index (χ2v) is 6.08. The van der Waals surface area contributed by atoms with Crippen molar-refractivity contribution >= 4 is 31.3 Å². The maximum Gasteiger partial charge on any atom is 0.279 e. The highest BCUT2D eigenvalue weighted by molar-refractivity contribution is 8.13. The molecule has 0 saturated heterocycles. The second-order valence-electron chi connectivity index (χ2n) is 3.22. The zero-order valence-electron chi connectivity index (χ0n) is 7.95. The molecule has 4 nitrogen and oxygen atoms in total. The van der Waals surface area contributed by atoms with Crippen LogP contribution in [-0.2, 0) is 16.1 Å². The SMILES string of the molecule is CC(C)c1nn(C)c(S(=O)(=O)Cl)c1Cl. The van der Waals surface area contributed by atoms with Gasteiger partial charge in [0, 0.05) is 17.7 Å². The summed E-state index contributed by atoms with van der Waals surface area (Å²) in [6, 6.07) is 0. The summed E-state index contributed by atoms with van der Waals surface area (Å²) in [4.78, 5) is 0. The number of rotatable bonds is 2. The summed E-state index contributed by atoms with van der Waals surface area (Å²) in [5, 5.41) is 3.96. The van der Waals surface area contributed by atoms with E-state index in [4.69, 9.17) is 22.3 Å². The predicted molar refractivity (Wildman–Crippen MR) is 55.3 cm³/mol. The molecule has 0 aromatic carbocycles. The van der Waals surface area contributed by atoms with Gasteiger partial charge in [0.25, 0.3) is 9.05 Å². The van der Waals surface area contributed by atoms with Gasteiger partial charge in [-0.25, -0.2) is 8.42 Å². The molecular formula is C7H10Cl2N2O2S. The molecule has 1 heterocycles. The first-order chi connectivity index (χ1) is 6.25. The van der Waals surface area contributed by atoms with Crippen molar-refractivity contribution in [1.82, 2.24) is 9.78 Å². The minimum atomic E-state index is -3.84. The van der Waals surface area contributed by atoms with Crippen LogP contribution in [0.15, 0.2) is 5.03 Å². The molecule has 0 unspecified atom stereocenters. The molecule has 0 bridgehead atoms. The smallest absolute Gasteiger partial charge is 0.255 e. The van der Waals surface area contributed by atoms with E-state index in [1.165, 1.54) is 11.7 Å². The van der Waals surface area contributed by atoms with Crippen LogP contribution in [0.4, 0.5) is 0 Å². The van der Waals surface area contributed by atoms with Crippen LogP contribution in [0.2, 0.25) is 5.02 Å². The van der Waals surface area contributed by atoms with Gasteiger partial charge in [0.1, 0.15) is 5.02 Å². The zero-order chi connectivity index (χ0) is 11.1. The number of halogens is 2. The van der Waals surface area contributed by atoms with Gasteiger partial charge < -0.3 is 0 Å². The van der Waals surface area contributed by atoms with Crippen molar-refractivity contribution in [2.24, 2.45) is 7.05 Å². The lowest BCUT2D eigenvalue weighted by molar-refractivity contribution is 0.588. The van der Waals surface area contributed by atoms with Crippen molar-refractivity contribution < 1.29 is 8.42 Å². The van der Waals surface area contributed by atoms with Crippen molar-refractivity contribution in [1.29, 1.82) is 0 Å². The normalized spacial score (nSPS) is 12.4. The van der Waals surface area contributed by atoms with E-state index in [9.17, 15) is 8.42 Å². The second kappa shape index (κ2) is 3.72. The van der Waals surface area contributed by atoms with Gasteiger partial charge >= 0.3 is 0 Å². The first-order valence-corrected chi connectivity index (χ1v) is 6.61. The van der Waals surface area contributed by atoms with Crippen molar-refractivity contribution in [3.05, 3.63) is 10.7 Å². The predicted octanol–water partition coefficient (Wildman–Crippen LogP) is 2.12. The largest absolute Gasteiger partial charge is 0.279 e. The fourth-order valence-corrected chi connectivity index (χ4v) is 3.14. The first kappa shape index (κ1) is 11.8. The van der Waals surface area contributed by atoms with Crippen LogP contribution in [0.3, 0.4) is 0 Å². The zero-order valence-corrected chi connectivity index (χ0v) is 10.3. The molecule has 0 fully saturated rings. The molecule has 0 saturated carbocycles. The summed E-state index contributed by atoms with van der Waals surface area (Å²) in [5.74, 6) is 0.0564. The average molecular weight is 257 g/mol. The molecule has 80 valence electrons. The van der Waals surface area contributed by atoms with Gasteiger partial charge in [-0.3, -0.25) is 4.68 Å². The van der Waals surface area contributed by atoms with Crippen molar-refractivity contribution in [3.63, 3.8) is 0 Å². The van der Waals surface area contributed by atoms with E-state index in [0.29, 0.717) is 5.69 Å². The molecule has 0 amide bonds. The van der Waals surface area contributed by atoms with Crippen LogP contribution in [0.5, 0.6) is 0 Å². The van der Waals surface area contributed by atoms with Crippen molar-refractivity contribution in [3.8, 4) is 0 Å². The van der Waals surface area contributed by atoms with Gasteiger partial charge in [-0.15, -0.1) is 0 Å². The molecule has 0 radical (unpaired) electrons. The molecule has 0 aliphatic heterocycles. The fraction of sp³-hybridized carbons (Fsp3) is 0.571. The van der Waals surface area contributed by atoms with E-state index >= 15 is 0 Å². The summed E-state index contributed by atoms with van der Waals surface area (Å²) in [6.07, 6.45) is 0. The lowest BCUT2D eigenvalue weighted by Crippen LogP contribution is -2.01. The molecule has 1 aromatic rings. The molecule has 0 N–H and O–H groups in total. The Morgan fingerprint density at radius 2 is 1.93 bits per heavy atom. The fourth-order valence-electron chi connectivity index (χ4n) is 1.14. The van der Waals surface area contributed by atoms with E-state index < -0.39 is 9.05 Å². The van der Waals surface area contributed by atoms with Crippen molar-refractivity contribution in [2.45, 2.75) is 24.8 Å². The highest BCUT2D eigenvalue weighted by Gasteiger charge is 2.25. The van der Waals surface area contributed by atoms with E-state index in [0.717, 1.165) is 0 Å². The minimum absolute atomic E-state index is 0.0564. The number of hydrogen-bond donors (Lipinski definition) is 0. The molecule has 1 rings (SSSR count). The lowest BCUT2D eigenvalue weighted by atomic mass is 10.1. The Morgan fingerprint density at radius 3 is 2.14 bits per heavy atom. The van der Waals surface area contributed by atoms with Crippen molar-refractivity contribution in [2.75, 3.05) is 0 Å². The van der Waals surface area contributed by atoms with Crippen LogP contribution in [-0.4, -0.2) is 18.2 Å². The van der Waals surface area contributed by atoms with E-state index in [1.807, 2.05) is 13.8 Å². The summed E-state index contributed by atoms with van der Waals surface area (Å²) < 4.78 is 23.4. The van der Waals surface area contributed by atoms with Gasteiger partial charge in [-0.1, -0.05) is 25.4 Å². The minimum Gasteiger partial charge on any atom is -0.255 e. The highest BCUT2D eigenvalue weighted by Crippen LogP contribution is 2.31. The van der Waals surface area contributed by atoms with Gasteiger partial charge in [-0.2, -0.15) is 5.10 Å². The topological polar surface area (TPSA) is 52.0 Å². The van der Waals surface area contributed by atoms with Crippen LogP contribution in [0.1, 0.15) is 25.5 Å². The molecule has 0 aliphatic carbocycles. The molecule has 14 heavy (non-hydrogen) atoms. The number of aromatic nitrogens is 2. The molecule has 0 aliphatic rings. The third-order valence-corrected chi connectivity index (χ3v) is 3.60. The highest BCUT2D eigenvalue weighted by atomic mass is 35.7. The number of aryl methyl sites for hydroxylation is 1. The molecular weight excluding hydrogens is 247 g/mol. The Balaban J connectivity index is 3.48. The monoisotopic (exact) mass is 256 g/mol. The Kier molecular flexibility index (Phi) is 3.13. The standard InChI is InChI=1S/C7H10Cl2N2O2S/c1-4(2)6-5(8)7(11(3)10-6)14(9,12)13/h4H,1-3H3. The average Bonchev–Trinajstić information content (AvgIpc) is 2.24. The van der Waals surface area contributed by atoms with Gasteiger partial charge in [-0.05, 0) is 5.92 Å². The van der Waals surface area contributed by atoms with Gasteiger partial charge in [0.15, 0.2) is 5.03 Å². The van der Waals surface area contributed by atoms with Gasteiger partial charge in [0.05, 0.1) is 5.69 Å². The van der Waals surface area contributed by atoms with Gasteiger partial charge in [0.2, 0.25) is 0 Å². The summed E-state index contributed by atoms with van der Waals surface area (Å²) >= 11 is 5.86. The van der Waals surface area contributed by atoms with E-state index in [2.05, 4.69) is 5.10 Å². The maximum absolute atomic E-state index is 11.1. The van der Waals surface area contributed by atoms with E-state index in [-0.39, 0.29) is 16.0 Å².